The van der Waals surface area contributed by atoms with E-state index in [4.69, 9.17) is 22.1 Å². The molecule has 0 spiro atoms. The third kappa shape index (κ3) is 3.74. The lowest BCUT2D eigenvalue weighted by molar-refractivity contribution is 0.134. The van der Waals surface area contributed by atoms with E-state index in [1.807, 2.05) is 43.5 Å². The lowest BCUT2D eigenvalue weighted by Gasteiger charge is -2.31. The molecule has 1 aliphatic heterocycles. The fourth-order valence-electron chi connectivity index (χ4n) is 3.38. The maximum absolute atomic E-state index is 6.67. The highest BCUT2D eigenvalue weighted by atomic mass is 35.5. The highest BCUT2D eigenvalue weighted by molar-refractivity contribution is 6.31. The third-order valence-corrected chi connectivity index (χ3v) is 4.93. The zero-order valence-electron chi connectivity index (χ0n) is 15.0. The predicted molar refractivity (Wildman–Crippen MR) is 105 cm³/mol. The number of hydrogen-bond acceptors (Lipinski definition) is 6. The van der Waals surface area contributed by atoms with Crippen LogP contribution in [0.2, 0.25) is 5.02 Å². The molecule has 0 radical (unpaired) electrons. The van der Waals surface area contributed by atoms with Crippen LogP contribution in [0.15, 0.2) is 42.7 Å². The van der Waals surface area contributed by atoms with Gasteiger partial charge in [0.1, 0.15) is 5.82 Å². The number of aromatic nitrogens is 4. The van der Waals surface area contributed by atoms with E-state index in [2.05, 4.69) is 20.0 Å². The van der Waals surface area contributed by atoms with E-state index in [9.17, 15) is 0 Å². The molecule has 4 rings (SSSR count). The summed E-state index contributed by atoms with van der Waals surface area (Å²) in [4.78, 5) is 10.8. The first-order chi connectivity index (χ1) is 13.1. The Balaban J connectivity index is 1.72. The van der Waals surface area contributed by atoms with Gasteiger partial charge in [-0.1, -0.05) is 17.7 Å². The SMILES string of the molecule is Cc1cc(N2CCCOCC2c2ccc(-n3cccn3)cc2Cl)nc(N)n1. The van der Waals surface area contributed by atoms with Crippen molar-refractivity contribution in [3.63, 3.8) is 0 Å². The molecule has 140 valence electrons. The summed E-state index contributed by atoms with van der Waals surface area (Å²) in [6.45, 7) is 3.95. The smallest absolute Gasteiger partial charge is 0.222 e. The average Bonchev–Trinajstić information content (AvgIpc) is 3.06. The molecule has 0 saturated carbocycles. The number of halogens is 1. The number of nitrogens with two attached hydrogens (primary N) is 1. The number of benzene rings is 1. The summed E-state index contributed by atoms with van der Waals surface area (Å²) in [6, 6.07) is 9.73. The van der Waals surface area contributed by atoms with E-state index in [1.54, 1.807) is 10.9 Å². The van der Waals surface area contributed by atoms with Crippen molar-refractivity contribution in [2.24, 2.45) is 0 Å². The van der Waals surface area contributed by atoms with Gasteiger partial charge in [-0.05, 0) is 37.1 Å². The molecule has 1 saturated heterocycles. The molecule has 3 aromatic rings. The Morgan fingerprint density at radius 1 is 1.26 bits per heavy atom. The lowest BCUT2D eigenvalue weighted by atomic mass is 10.0. The van der Waals surface area contributed by atoms with Crippen molar-refractivity contribution >= 4 is 23.4 Å². The number of nitrogens with zero attached hydrogens (tertiary/aromatic N) is 5. The van der Waals surface area contributed by atoms with Gasteiger partial charge in [0.05, 0.1) is 18.3 Å². The number of nitrogen functional groups attached to an aromatic ring is 1. The zero-order chi connectivity index (χ0) is 18.8. The minimum atomic E-state index is -0.0552. The van der Waals surface area contributed by atoms with Crippen molar-refractivity contribution in [1.82, 2.24) is 19.7 Å². The highest BCUT2D eigenvalue weighted by Crippen LogP contribution is 2.34. The Hall–Kier alpha value is -2.64. The summed E-state index contributed by atoms with van der Waals surface area (Å²) in [7, 11) is 0. The van der Waals surface area contributed by atoms with Crippen molar-refractivity contribution in [2.75, 3.05) is 30.4 Å². The van der Waals surface area contributed by atoms with Crippen LogP contribution in [0.3, 0.4) is 0 Å². The van der Waals surface area contributed by atoms with Crippen LogP contribution in [0.1, 0.15) is 23.7 Å². The number of anilines is 2. The molecule has 1 atom stereocenters. The number of ether oxygens (including phenoxy) is 1. The van der Waals surface area contributed by atoms with Gasteiger partial charge in [0.15, 0.2) is 0 Å². The second-order valence-electron chi connectivity index (χ2n) is 6.52. The Bertz CT molecular complexity index is 910. The van der Waals surface area contributed by atoms with Gasteiger partial charge in [0.25, 0.3) is 0 Å². The van der Waals surface area contributed by atoms with Gasteiger partial charge in [-0.15, -0.1) is 0 Å². The number of rotatable bonds is 3. The van der Waals surface area contributed by atoms with Crippen LogP contribution >= 0.6 is 11.6 Å². The summed E-state index contributed by atoms with van der Waals surface area (Å²) in [5.74, 6) is 1.07. The second kappa shape index (κ2) is 7.54. The standard InChI is InChI=1S/C19H21ClN6O/c1-13-10-18(24-19(21)23-13)25-7-3-9-27-12-17(25)15-5-4-14(11-16(15)20)26-8-2-6-22-26/h2,4-6,8,10-11,17H,3,7,9,12H2,1H3,(H2,21,23,24). The van der Waals surface area contributed by atoms with E-state index in [0.29, 0.717) is 18.2 Å². The molecular formula is C19H21ClN6O. The molecule has 3 heterocycles. The lowest BCUT2D eigenvalue weighted by Crippen LogP contribution is -2.32. The molecule has 27 heavy (non-hydrogen) atoms. The first-order valence-electron chi connectivity index (χ1n) is 8.87. The van der Waals surface area contributed by atoms with Gasteiger partial charge in [-0.2, -0.15) is 10.1 Å². The van der Waals surface area contributed by atoms with Gasteiger partial charge >= 0.3 is 0 Å². The monoisotopic (exact) mass is 384 g/mol. The number of aryl methyl sites for hydroxylation is 1. The van der Waals surface area contributed by atoms with Crippen LogP contribution < -0.4 is 10.6 Å². The first-order valence-corrected chi connectivity index (χ1v) is 9.24. The molecule has 2 aromatic heterocycles. The number of hydrogen-bond donors (Lipinski definition) is 1. The largest absolute Gasteiger partial charge is 0.379 e. The summed E-state index contributed by atoms with van der Waals surface area (Å²) in [5.41, 5.74) is 8.62. The minimum absolute atomic E-state index is 0.0552. The summed E-state index contributed by atoms with van der Waals surface area (Å²) in [5, 5.41) is 4.93. The fraction of sp³-hybridized carbons (Fsp3) is 0.316. The highest BCUT2D eigenvalue weighted by Gasteiger charge is 2.27. The first kappa shape index (κ1) is 17.8. The molecule has 1 aromatic carbocycles. The van der Waals surface area contributed by atoms with E-state index < -0.39 is 0 Å². The average molecular weight is 385 g/mol. The van der Waals surface area contributed by atoms with Crippen LogP contribution in [0.5, 0.6) is 0 Å². The van der Waals surface area contributed by atoms with E-state index in [1.165, 1.54) is 0 Å². The molecule has 1 fully saturated rings. The van der Waals surface area contributed by atoms with Gasteiger partial charge in [-0.3, -0.25) is 0 Å². The Labute approximate surface area is 162 Å². The van der Waals surface area contributed by atoms with Crippen molar-refractivity contribution in [2.45, 2.75) is 19.4 Å². The second-order valence-corrected chi connectivity index (χ2v) is 6.93. The van der Waals surface area contributed by atoms with Crippen LogP contribution in [-0.2, 0) is 4.74 Å². The Kier molecular flexibility index (Phi) is 4.96. The topological polar surface area (TPSA) is 82.1 Å². The molecule has 1 aliphatic rings. The van der Waals surface area contributed by atoms with Crippen LogP contribution in [0.25, 0.3) is 5.69 Å². The van der Waals surface area contributed by atoms with Crippen LogP contribution in [0, 0.1) is 6.92 Å². The van der Waals surface area contributed by atoms with E-state index in [-0.39, 0.29) is 12.0 Å². The fourth-order valence-corrected chi connectivity index (χ4v) is 3.68. The van der Waals surface area contributed by atoms with Gasteiger partial charge in [-0.25, -0.2) is 9.67 Å². The van der Waals surface area contributed by atoms with Crippen molar-refractivity contribution in [3.8, 4) is 5.69 Å². The maximum atomic E-state index is 6.67. The van der Waals surface area contributed by atoms with Crippen molar-refractivity contribution in [3.05, 3.63) is 59.0 Å². The third-order valence-electron chi connectivity index (χ3n) is 4.60. The van der Waals surface area contributed by atoms with E-state index >= 15 is 0 Å². The predicted octanol–water partition coefficient (Wildman–Crippen LogP) is 3.17. The Morgan fingerprint density at radius 2 is 2.15 bits per heavy atom. The van der Waals surface area contributed by atoms with Gasteiger partial charge in [0.2, 0.25) is 5.95 Å². The van der Waals surface area contributed by atoms with Crippen LogP contribution in [0.4, 0.5) is 11.8 Å². The molecule has 0 bridgehead atoms. The summed E-state index contributed by atoms with van der Waals surface area (Å²) < 4.78 is 7.62. The minimum Gasteiger partial charge on any atom is -0.379 e. The molecule has 0 amide bonds. The molecule has 0 aliphatic carbocycles. The van der Waals surface area contributed by atoms with Crippen molar-refractivity contribution < 1.29 is 4.74 Å². The molecule has 7 nitrogen and oxygen atoms in total. The Morgan fingerprint density at radius 3 is 2.89 bits per heavy atom. The van der Waals surface area contributed by atoms with Gasteiger partial charge in [0, 0.05) is 42.3 Å². The maximum Gasteiger partial charge on any atom is 0.222 e. The molecule has 2 N–H and O–H groups in total. The summed E-state index contributed by atoms with van der Waals surface area (Å²) >= 11 is 6.67. The molecular weight excluding hydrogens is 364 g/mol. The summed E-state index contributed by atoms with van der Waals surface area (Å²) in [6.07, 6.45) is 4.53. The zero-order valence-corrected chi connectivity index (χ0v) is 15.8. The van der Waals surface area contributed by atoms with Gasteiger partial charge < -0.3 is 15.4 Å². The molecule has 8 heteroatoms. The van der Waals surface area contributed by atoms with Crippen LogP contribution in [-0.4, -0.2) is 39.5 Å². The molecule has 1 unspecified atom stereocenters. The van der Waals surface area contributed by atoms with Crippen molar-refractivity contribution in [1.29, 1.82) is 0 Å². The van der Waals surface area contributed by atoms with E-state index in [0.717, 1.165) is 35.7 Å². The quantitative estimate of drug-likeness (QED) is 0.746. The normalized spacial score (nSPS) is 17.7.